The smallest absolute Gasteiger partial charge is 0.0730 e. The average molecular weight is 157 g/mol. The summed E-state index contributed by atoms with van der Waals surface area (Å²) in [6.45, 7) is 7.27. The zero-order valence-electron chi connectivity index (χ0n) is 7.76. The van der Waals surface area contributed by atoms with Crippen molar-refractivity contribution in [2.24, 2.45) is 0 Å². The lowest BCUT2D eigenvalue weighted by molar-refractivity contribution is -0.00577. The maximum absolute atomic E-state index is 5.65. The molecular formula is C9H19NO. The van der Waals surface area contributed by atoms with Gasteiger partial charge in [-0.15, -0.1) is 0 Å². The highest BCUT2D eigenvalue weighted by atomic mass is 16.5. The Morgan fingerprint density at radius 1 is 1.27 bits per heavy atom. The van der Waals surface area contributed by atoms with Crippen LogP contribution in [0.25, 0.3) is 0 Å². The average Bonchev–Trinajstić information content (AvgIpc) is 2.46. The van der Waals surface area contributed by atoms with Gasteiger partial charge in [-0.25, -0.2) is 0 Å². The summed E-state index contributed by atoms with van der Waals surface area (Å²) in [5.41, 5.74) is 0. The lowest BCUT2D eigenvalue weighted by Gasteiger charge is -2.27. The van der Waals surface area contributed by atoms with Gasteiger partial charge in [0, 0.05) is 12.6 Å². The standard InChI is InChI=1S/C7H13NO.C2H6/c1-5-7-3-2-6(9-7)4-8-5;1-2/h5-8H,2-4H2,1H3;1-2H3. The number of ether oxygens (including phenoxy) is 1. The Bertz CT molecular complexity index is 116. The van der Waals surface area contributed by atoms with Crippen molar-refractivity contribution in [2.45, 2.75) is 51.9 Å². The third kappa shape index (κ3) is 1.94. The fraction of sp³-hybridized carbons (Fsp3) is 1.00. The molecule has 11 heavy (non-hydrogen) atoms. The summed E-state index contributed by atoms with van der Waals surface area (Å²) >= 11 is 0. The predicted octanol–water partition coefficient (Wildman–Crippen LogP) is 1.55. The number of rotatable bonds is 0. The lowest BCUT2D eigenvalue weighted by Crippen LogP contribution is -2.45. The van der Waals surface area contributed by atoms with E-state index in [0.29, 0.717) is 18.2 Å². The van der Waals surface area contributed by atoms with Crippen molar-refractivity contribution in [1.82, 2.24) is 5.32 Å². The van der Waals surface area contributed by atoms with Gasteiger partial charge < -0.3 is 10.1 Å². The van der Waals surface area contributed by atoms with Gasteiger partial charge in [0.05, 0.1) is 12.2 Å². The lowest BCUT2D eigenvalue weighted by atomic mass is 10.1. The molecule has 0 saturated carbocycles. The van der Waals surface area contributed by atoms with Crippen LogP contribution in [0.4, 0.5) is 0 Å². The molecule has 2 heteroatoms. The molecule has 66 valence electrons. The first-order chi connectivity index (χ1) is 5.36. The molecule has 1 N–H and O–H groups in total. The Morgan fingerprint density at radius 3 is 2.64 bits per heavy atom. The highest BCUT2D eigenvalue weighted by Crippen LogP contribution is 2.25. The molecule has 2 aliphatic rings. The molecule has 2 heterocycles. The van der Waals surface area contributed by atoms with Crippen LogP contribution in [0, 0.1) is 0 Å². The van der Waals surface area contributed by atoms with Crippen LogP contribution in [0.1, 0.15) is 33.6 Å². The molecule has 0 aliphatic carbocycles. The molecule has 0 spiro atoms. The monoisotopic (exact) mass is 157 g/mol. The van der Waals surface area contributed by atoms with Crippen molar-refractivity contribution in [3.05, 3.63) is 0 Å². The van der Waals surface area contributed by atoms with E-state index in [1.807, 2.05) is 13.8 Å². The summed E-state index contributed by atoms with van der Waals surface area (Å²) in [5, 5.41) is 3.42. The van der Waals surface area contributed by atoms with Crippen molar-refractivity contribution in [1.29, 1.82) is 0 Å². The van der Waals surface area contributed by atoms with Crippen molar-refractivity contribution in [3.8, 4) is 0 Å². The molecule has 2 bridgehead atoms. The SMILES string of the molecule is CC.CC1NCC2CCC1O2. The molecule has 0 aromatic rings. The Kier molecular flexibility index (Phi) is 3.34. The maximum atomic E-state index is 5.65. The number of morpholine rings is 1. The van der Waals surface area contributed by atoms with Crippen molar-refractivity contribution in [2.75, 3.05) is 6.54 Å². The molecule has 2 aliphatic heterocycles. The van der Waals surface area contributed by atoms with Crippen molar-refractivity contribution >= 4 is 0 Å². The number of hydrogen-bond donors (Lipinski definition) is 1. The van der Waals surface area contributed by atoms with E-state index >= 15 is 0 Å². The molecule has 0 radical (unpaired) electrons. The summed E-state index contributed by atoms with van der Waals surface area (Å²) < 4.78 is 5.65. The van der Waals surface area contributed by atoms with Crippen LogP contribution in [0.3, 0.4) is 0 Å². The van der Waals surface area contributed by atoms with Crippen LogP contribution in [0.5, 0.6) is 0 Å². The highest BCUT2D eigenvalue weighted by molar-refractivity contribution is 4.87. The summed E-state index contributed by atoms with van der Waals surface area (Å²) in [7, 11) is 0. The van der Waals surface area contributed by atoms with Crippen molar-refractivity contribution < 1.29 is 4.74 Å². The summed E-state index contributed by atoms with van der Waals surface area (Å²) in [4.78, 5) is 0. The summed E-state index contributed by atoms with van der Waals surface area (Å²) in [6, 6.07) is 0.587. The zero-order chi connectivity index (χ0) is 8.27. The third-order valence-electron chi connectivity index (χ3n) is 2.37. The first-order valence-electron chi connectivity index (χ1n) is 4.75. The van der Waals surface area contributed by atoms with Gasteiger partial charge in [0.15, 0.2) is 0 Å². The maximum Gasteiger partial charge on any atom is 0.0730 e. The molecule has 3 unspecified atom stereocenters. The molecule has 2 fully saturated rings. The molecule has 2 nitrogen and oxygen atoms in total. The van der Waals surface area contributed by atoms with E-state index in [4.69, 9.17) is 4.74 Å². The van der Waals surface area contributed by atoms with Gasteiger partial charge in [-0.05, 0) is 19.8 Å². The Hall–Kier alpha value is -0.0800. The van der Waals surface area contributed by atoms with Crippen LogP contribution >= 0.6 is 0 Å². The van der Waals surface area contributed by atoms with Crippen LogP contribution in [0.15, 0.2) is 0 Å². The minimum Gasteiger partial charge on any atom is -0.372 e. The van der Waals surface area contributed by atoms with Gasteiger partial charge in [-0.2, -0.15) is 0 Å². The van der Waals surface area contributed by atoms with E-state index in [0.717, 1.165) is 6.54 Å². The Labute approximate surface area is 69.3 Å². The van der Waals surface area contributed by atoms with Gasteiger partial charge in [0.2, 0.25) is 0 Å². The van der Waals surface area contributed by atoms with Crippen molar-refractivity contribution in [3.63, 3.8) is 0 Å². The third-order valence-corrected chi connectivity index (χ3v) is 2.37. The van der Waals surface area contributed by atoms with Crippen LogP contribution < -0.4 is 5.32 Å². The topological polar surface area (TPSA) is 21.3 Å². The fourth-order valence-electron chi connectivity index (χ4n) is 1.70. The van der Waals surface area contributed by atoms with Gasteiger partial charge >= 0.3 is 0 Å². The molecule has 3 atom stereocenters. The first-order valence-corrected chi connectivity index (χ1v) is 4.75. The number of fused-ring (bicyclic) bond motifs is 2. The highest BCUT2D eigenvalue weighted by Gasteiger charge is 2.33. The van der Waals surface area contributed by atoms with Gasteiger partial charge in [0.25, 0.3) is 0 Å². The zero-order valence-corrected chi connectivity index (χ0v) is 7.76. The number of hydrogen-bond acceptors (Lipinski definition) is 2. The van der Waals surface area contributed by atoms with Gasteiger partial charge in [-0.1, -0.05) is 13.8 Å². The van der Waals surface area contributed by atoms with E-state index in [-0.39, 0.29) is 0 Å². The molecule has 0 amide bonds. The normalized spacial score (nSPS) is 41.2. The van der Waals surface area contributed by atoms with Crippen LogP contribution in [-0.2, 0) is 4.74 Å². The van der Waals surface area contributed by atoms with Crippen LogP contribution in [-0.4, -0.2) is 24.8 Å². The second-order valence-corrected chi connectivity index (χ2v) is 3.07. The second kappa shape index (κ2) is 4.07. The molecule has 0 aromatic heterocycles. The quantitative estimate of drug-likeness (QED) is 0.576. The van der Waals surface area contributed by atoms with E-state index < -0.39 is 0 Å². The van der Waals surface area contributed by atoms with E-state index in [1.165, 1.54) is 12.8 Å². The fourth-order valence-corrected chi connectivity index (χ4v) is 1.70. The number of nitrogens with one attached hydrogen (secondary N) is 1. The minimum absolute atomic E-state index is 0.517. The minimum atomic E-state index is 0.517. The van der Waals surface area contributed by atoms with Gasteiger partial charge in [-0.3, -0.25) is 0 Å². The van der Waals surface area contributed by atoms with Gasteiger partial charge in [0.1, 0.15) is 0 Å². The molecule has 2 rings (SSSR count). The Morgan fingerprint density at radius 2 is 2.00 bits per heavy atom. The van der Waals surface area contributed by atoms with E-state index in [1.54, 1.807) is 0 Å². The summed E-state index contributed by atoms with van der Waals surface area (Å²) in [6.07, 6.45) is 3.58. The molecular weight excluding hydrogens is 138 g/mol. The van der Waals surface area contributed by atoms with E-state index in [9.17, 15) is 0 Å². The predicted molar refractivity (Wildman–Crippen MR) is 46.7 cm³/mol. The molecule has 0 aromatic carbocycles. The first kappa shape index (κ1) is 9.01. The van der Waals surface area contributed by atoms with Crippen LogP contribution in [0.2, 0.25) is 0 Å². The Balaban J connectivity index is 0.000000281. The second-order valence-electron chi connectivity index (χ2n) is 3.07. The van der Waals surface area contributed by atoms with E-state index in [2.05, 4.69) is 12.2 Å². The molecule has 2 saturated heterocycles. The largest absolute Gasteiger partial charge is 0.372 e. The summed E-state index contributed by atoms with van der Waals surface area (Å²) in [5.74, 6) is 0.